The molecule has 0 bridgehead atoms. The predicted molar refractivity (Wildman–Crippen MR) is 63.2 cm³/mol. The minimum absolute atomic E-state index is 0.403. The van der Waals surface area contributed by atoms with Crippen molar-refractivity contribution in [2.45, 2.75) is 0 Å². The van der Waals surface area contributed by atoms with Crippen LogP contribution in [0.5, 0.6) is 0 Å². The number of hydrogen-bond acceptors (Lipinski definition) is 3. The number of esters is 1. The maximum Gasteiger partial charge on any atom is 0.345 e. The van der Waals surface area contributed by atoms with E-state index >= 15 is 0 Å². The van der Waals surface area contributed by atoms with Crippen molar-refractivity contribution in [1.82, 2.24) is 0 Å². The number of ether oxygens (including phenoxy) is 1. The largest absolute Gasteiger partial charge is 0.477 e. The Morgan fingerprint density at radius 2 is 1.88 bits per heavy atom. The molecule has 0 radical (unpaired) electrons. The topological polar surface area (TPSA) is 63.6 Å². The molecule has 1 aromatic rings. The van der Waals surface area contributed by atoms with Gasteiger partial charge in [0.05, 0.1) is 7.11 Å². The quantitative estimate of drug-likeness (QED) is 0.283. The summed E-state index contributed by atoms with van der Waals surface area (Å²) in [5, 5.41) is 8.77. The zero-order chi connectivity index (χ0) is 12.7. The third kappa shape index (κ3) is 3.95. The fraction of sp³-hybridized carbons (Fsp3) is 0.0769. The average Bonchev–Trinajstić information content (AvgIpc) is 2.34. The Kier molecular flexibility index (Phi) is 4.69. The first kappa shape index (κ1) is 12.7. The van der Waals surface area contributed by atoms with Gasteiger partial charge in [-0.25, -0.2) is 9.59 Å². The highest BCUT2D eigenvalue weighted by Gasteiger charge is 2.16. The standard InChI is InChI=1S/C13H12O4/c1-17-13(16)11(12(14)15)9-5-8-10-6-3-2-4-7-10/h2-9H,1H3,(H,14,15). The third-order valence-electron chi connectivity index (χ3n) is 1.99. The molecule has 88 valence electrons. The Labute approximate surface area is 98.8 Å². The van der Waals surface area contributed by atoms with Crippen LogP contribution in [-0.2, 0) is 14.3 Å². The number of carboxylic acid groups (broad SMARTS) is 1. The van der Waals surface area contributed by atoms with Crippen LogP contribution in [0.25, 0.3) is 6.08 Å². The number of hydrogen-bond donors (Lipinski definition) is 1. The Hall–Kier alpha value is -2.36. The summed E-state index contributed by atoms with van der Waals surface area (Å²) in [7, 11) is 1.14. The van der Waals surface area contributed by atoms with E-state index in [9.17, 15) is 9.59 Å². The zero-order valence-electron chi connectivity index (χ0n) is 9.29. The molecule has 0 aliphatic heterocycles. The van der Waals surface area contributed by atoms with Gasteiger partial charge in [0, 0.05) is 0 Å². The van der Waals surface area contributed by atoms with Gasteiger partial charge in [-0.05, 0) is 11.6 Å². The van der Waals surface area contributed by atoms with Crippen molar-refractivity contribution >= 4 is 18.0 Å². The highest BCUT2D eigenvalue weighted by atomic mass is 16.5. The van der Waals surface area contributed by atoms with Crippen LogP contribution in [0.2, 0.25) is 0 Å². The van der Waals surface area contributed by atoms with Gasteiger partial charge in [0.1, 0.15) is 5.57 Å². The highest BCUT2D eigenvalue weighted by molar-refractivity contribution is 6.13. The summed E-state index contributed by atoms with van der Waals surface area (Å²) in [6.07, 6.45) is 4.41. The van der Waals surface area contributed by atoms with E-state index in [2.05, 4.69) is 4.74 Å². The van der Waals surface area contributed by atoms with Crippen LogP contribution < -0.4 is 0 Å². The lowest BCUT2D eigenvalue weighted by Crippen LogP contribution is -2.13. The lowest BCUT2D eigenvalue weighted by atomic mass is 10.2. The van der Waals surface area contributed by atoms with E-state index in [1.165, 1.54) is 12.2 Å². The fourth-order valence-corrected chi connectivity index (χ4v) is 1.16. The Morgan fingerprint density at radius 3 is 2.41 bits per heavy atom. The number of carbonyl (C=O) groups is 2. The minimum Gasteiger partial charge on any atom is -0.477 e. The van der Waals surface area contributed by atoms with Gasteiger partial charge in [-0.1, -0.05) is 42.5 Å². The number of carboxylic acids is 1. The van der Waals surface area contributed by atoms with Gasteiger partial charge in [-0.15, -0.1) is 0 Å². The smallest absolute Gasteiger partial charge is 0.345 e. The predicted octanol–water partition coefficient (Wildman–Crippen LogP) is 1.88. The van der Waals surface area contributed by atoms with Gasteiger partial charge in [0.15, 0.2) is 0 Å². The molecule has 0 aliphatic carbocycles. The molecule has 0 aromatic heterocycles. The first-order valence-corrected chi connectivity index (χ1v) is 4.90. The molecule has 0 aliphatic rings. The molecule has 1 N–H and O–H groups in total. The Morgan fingerprint density at radius 1 is 1.24 bits per heavy atom. The molecule has 17 heavy (non-hydrogen) atoms. The van der Waals surface area contributed by atoms with Crippen molar-refractivity contribution in [3.05, 3.63) is 53.6 Å². The van der Waals surface area contributed by atoms with Gasteiger partial charge in [0.25, 0.3) is 0 Å². The van der Waals surface area contributed by atoms with E-state index in [-0.39, 0.29) is 0 Å². The number of allylic oxidation sites excluding steroid dienone is 2. The van der Waals surface area contributed by atoms with Gasteiger partial charge >= 0.3 is 11.9 Å². The molecule has 4 heteroatoms. The molecular formula is C13H12O4. The molecule has 0 amide bonds. The Bertz CT molecular complexity index is 458. The normalized spacial score (nSPS) is 11.5. The molecule has 1 aromatic carbocycles. The van der Waals surface area contributed by atoms with Crippen LogP contribution in [0.15, 0.2) is 48.1 Å². The number of rotatable bonds is 4. The molecule has 0 heterocycles. The van der Waals surface area contributed by atoms with E-state index in [0.29, 0.717) is 0 Å². The van der Waals surface area contributed by atoms with E-state index in [1.807, 2.05) is 30.3 Å². The van der Waals surface area contributed by atoms with Crippen molar-refractivity contribution in [3.63, 3.8) is 0 Å². The van der Waals surface area contributed by atoms with Crippen molar-refractivity contribution in [2.24, 2.45) is 0 Å². The van der Waals surface area contributed by atoms with Crippen LogP contribution >= 0.6 is 0 Å². The van der Waals surface area contributed by atoms with Crippen LogP contribution in [-0.4, -0.2) is 24.2 Å². The summed E-state index contributed by atoms with van der Waals surface area (Å²) < 4.78 is 4.35. The molecular weight excluding hydrogens is 220 g/mol. The van der Waals surface area contributed by atoms with E-state index in [4.69, 9.17) is 5.11 Å². The van der Waals surface area contributed by atoms with Gasteiger partial charge in [0.2, 0.25) is 0 Å². The minimum atomic E-state index is -1.31. The summed E-state index contributed by atoms with van der Waals surface area (Å²) in [4.78, 5) is 21.8. The lowest BCUT2D eigenvalue weighted by molar-refractivity contribution is -0.142. The second-order valence-corrected chi connectivity index (χ2v) is 3.15. The van der Waals surface area contributed by atoms with E-state index in [1.54, 1.807) is 6.08 Å². The van der Waals surface area contributed by atoms with Crippen molar-refractivity contribution in [2.75, 3.05) is 7.11 Å². The van der Waals surface area contributed by atoms with Crippen molar-refractivity contribution in [3.8, 4) is 0 Å². The first-order valence-electron chi connectivity index (χ1n) is 4.90. The maximum absolute atomic E-state index is 11.1. The second kappa shape index (κ2) is 6.27. The molecule has 4 nitrogen and oxygen atoms in total. The van der Waals surface area contributed by atoms with E-state index < -0.39 is 17.5 Å². The number of methoxy groups -OCH3 is 1. The van der Waals surface area contributed by atoms with Crippen LogP contribution in [0.3, 0.4) is 0 Å². The average molecular weight is 232 g/mol. The molecule has 0 spiro atoms. The first-order chi connectivity index (χ1) is 8.15. The zero-order valence-corrected chi connectivity index (χ0v) is 9.29. The SMILES string of the molecule is COC(=O)C(=CC=Cc1ccccc1)C(=O)O. The van der Waals surface area contributed by atoms with Gasteiger partial charge in [-0.2, -0.15) is 0 Å². The van der Waals surface area contributed by atoms with E-state index in [0.717, 1.165) is 12.7 Å². The molecule has 0 saturated heterocycles. The Balaban J connectivity index is 2.84. The summed E-state index contributed by atoms with van der Waals surface area (Å²) in [5.74, 6) is -2.18. The monoisotopic (exact) mass is 232 g/mol. The summed E-state index contributed by atoms with van der Waals surface area (Å²) in [5.41, 5.74) is 0.512. The summed E-state index contributed by atoms with van der Waals surface area (Å²) in [6, 6.07) is 9.33. The molecule has 0 saturated carbocycles. The van der Waals surface area contributed by atoms with Crippen LogP contribution in [0.4, 0.5) is 0 Å². The highest BCUT2D eigenvalue weighted by Crippen LogP contribution is 2.03. The number of carbonyl (C=O) groups excluding carboxylic acids is 1. The third-order valence-corrected chi connectivity index (χ3v) is 1.99. The van der Waals surface area contributed by atoms with Gasteiger partial charge < -0.3 is 9.84 Å². The fourth-order valence-electron chi connectivity index (χ4n) is 1.16. The molecule has 0 fully saturated rings. The maximum atomic E-state index is 11.1. The number of benzene rings is 1. The van der Waals surface area contributed by atoms with Crippen LogP contribution in [0, 0.1) is 0 Å². The van der Waals surface area contributed by atoms with Crippen molar-refractivity contribution in [1.29, 1.82) is 0 Å². The van der Waals surface area contributed by atoms with Gasteiger partial charge in [-0.3, -0.25) is 0 Å². The molecule has 0 unspecified atom stereocenters. The molecule has 1 rings (SSSR count). The lowest BCUT2D eigenvalue weighted by Gasteiger charge is -1.97. The second-order valence-electron chi connectivity index (χ2n) is 3.15. The summed E-state index contributed by atoms with van der Waals surface area (Å²) >= 11 is 0. The summed E-state index contributed by atoms with van der Waals surface area (Å²) in [6.45, 7) is 0. The molecule has 0 atom stereocenters. The van der Waals surface area contributed by atoms with Crippen molar-refractivity contribution < 1.29 is 19.4 Å². The van der Waals surface area contributed by atoms with Crippen LogP contribution in [0.1, 0.15) is 5.56 Å². The number of aliphatic carboxylic acids is 1.